The van der Waals surface area contributed by atoms with Crippen LogP contribution in [0.15, 0.2) is 10.7 Å². The van der Waals surface area contributed by atoms with E-state index in [4.69, 9.17) is 16.3 Å². The summed E-state index contributed by atoms with van der Waals surface area (Å²) in [6, 6.07) is 0. The number of nitrogens with one attached hydrogen (secondary N) is 1. The summed E-state index contributed by atoms with van der Waals surface area (Å²) in [5, 5.41) is 3.45. The van der Waals surface area contributed by atoms with Gasteiger partial charge in [0.25, 0.3) is 0 Å². The van der Waals surface area contributed by atoms with Gasteiger partial charge in [-0.3, -0.25) is 0 Å². The lowest BCUT2D eigenvalue weighted by atomic mass is 10.4. The van der Waals surface area contributed by atoms with Gasteiger partial charge < -0.3 is 10.1 Å². The first-order valence-electron chi connectivity index (χ1n) is 5.75. The van der Waals surface area contributed by atoms with Gasteiger partial charge in [-0.05, 0) is 52.7 Å². The average Bonchev–Trinajstić information content (AvgIpc) is 3.11. The fraction of sp³-hybridized carbons (Fsp3) is 0.636. The number of rotatable bonds is 7. The highest BCUT2D eigenvalue weighted by Crippen LogP contribution is 2.28. The van der Waals surface area contributed by atoms with E-state index in [2.05, 4.69) is 31.2 Å². The summed E-state index contributed by atoms with van der Waals surface area (Å²) >= 11 is 9.08. The third-order valence-electron chi connectivity index (χ3n) is 2.52. The molecule has 0 atom stereocenters. The van der Waals surface area contributed by atoms with Gasteiger partial charge in [0, 0.05) is 26.0 Å². The number of hydrogen-bond donors (Lipinski definition) is 1. The zero-order chi connectivity index (χ0) is 12.1. The number of ether oxygens (including phenoxy) is 1. The zero-order valence-corrected chi connectivity index (χ0v) is 11.8. The minimum absolute atomic E-state index is 0.251. The van der Waals surface area contributed by atoms with E-state index in [-0.39, 0.29) is 5.28 Å². The van der Waals surface area contributed by atoms with Crippen molar-refractivity contribution in [1.29, 1.82) is 0 Å². The SMILES string of the molecule is Clc1ncc(Br)c(NCCCOCC2CC2)n1. The van der Waals surface area contributed by atoms with Crippen molar-refractivity contribution in [3.63, 3.8) is 0 Å². The average molecular weight is 321 g/mol. The van der Waals surface area contributed by atoms with Crippen molar-refractivity contribution >= 4 is 33.3 Å². The lowest BCUT2D eigenvalue weighted by Gasteiger charge is -2.07. The maximum absolute atomic E-state index is 5.71. The standard InChI is InChI=1S/C11H15BrClN3O/c12-9-6-15-11(13)16-10(9)14-4-1-5-17-7-8-2-3-8/h6,8H,1-5,7H2,(H,14,15,16). The Kier molecular flexibility index (Phi) is 5.00. The Bertz CT molecular complexity index is 374. The predicted molar refractivity (Wildman–Crippen MR) is 71.4 cm³/mol. The molecule has 0 spiro atoms. The van der Waals surface area contributed by atoms with Crippen molar-refractivity contribution in [3.8, 4) is 0 Å². The molecule has 0 aliphatic heterocycles. The normalized spacial score (nSPS) is 14.9. The molecular formula is C11H15BrClN3O. The zero-order valence-electron chi connectivity index (χ0n) is 9.46. The lowest BCUT2D eigenvalue weighted by Crippen LogP contribution is -2.08. The summed E-state index contributed by atoms with van der Waals surface area (Å²) in [5.41, 5.74) is 0. The molecule has 0 saturated heterocycles. The second-order valence-electron chi connectivity index (χ2n) is 4.13. The first-order chi connectivity index (χ1) is 8.25. The largest absolute Gasteiger partial charge is 0.381 e. The van der Waals surface area contributed by atoms with Gasteiger partial charge in [0.05, 0.1) is 4.47 Å². The molecule has 0 aromatic carbocycles. The topological polar surface area (TPSA) is 47.0 Å². The predicted octanol–water partition coefficient (Wildman–Crippen LogP) is 3.12. The quantitative estimate of drug-likeness (QED) is 0.619. The first-order valence-corrected chi connectivity index (χ1v) is 6.92. The summed E-state index contributed by atoms with van der Waals surface area (Å²) in [6.07, 6.45) is 5.28. The van der Waals surface area contributed by atoms with Crippen LogP contribution in [-0.2, 0) is 4.74 Å². The highest BCUT2D eigenvalue weighted by atomic mass is 79.9. The third kappa shape index (κ3) is 4.77. The molecule has 94 valence electrons. The van der Waals surface area contributed by atoms with Crippen LogP contribution in [0.5, 0.6) is 0 Å². The van der Waals surface area contributed by atoms with Gasteiger partial charge in [0.15, 0.2) is 0 Å². The molecule has 1 aliphatic rings. The summed E-state index contributed by atoms with van der Waals surface area (Å²) in [6.45, 7) is 2.53. The minimum Gasteiger partial charge on any atom is -0.381 e. The third-order valence-corrected chi connectivity index (χ3v) is 3.29. The van der Waals surface area contributed by atoms with Crippen molar-refractivity contribution < 1.29 is 4.74 Å². The van der Waals surface area contributed by atoms with Crippen molar-refractivity contribution in [3.05, 3.63) is 16.0 Å². The van der Waals surface area contributed by atoms with E-state index in [1.54, 1.807) is 6.20 Å². The molecule has 0 bridgehead atoms. The van der Waals surface area contributed by atoms with Crippen LogP contribution in [0, 0.1) is 5.92 Å². The Morgan fingerprint density at radius 3 is 3.12 bits per heavy atom. The van der Waals surface area contributed by atoms with E-state index in [9.17, 15) is 0 Å². The molecule has 0 radical (unpaired) electrons. The van der Waals surface area contributed by atoms with Crippen LogP contribution in [0.1, 0.15) is 19.3 Å². The number of aromatic nitrogens is 2. The summed E-state index contributed by atoms with van der Waals surface area (Å²) in [4.78, 5) is 7.95. The maximum Gasteiger partial charge on any atom is 0.224 e. The van der Waals surface area contributed by atoms with E-state index in [0.717, 1.165) is 42.4 Å². The van der Waals surface area contributed by atoms with Crippen LogP contribution in [0.25, 0.3) is 0 Å². The van der Waals surface area contributed by atoms with E-state index in [1.165, 1.54) is 12.8 Å². The molecule has 1 fully saturated rings. The van der Waals surface area contributed by atoms with Crippen molar-refractivity contribution in [2.45, 2.75) is 19.3 Å². The van der Waals surface area contributed by atoms with E-state index in [0.29, 0.717) is 0 Å². The Morgan fingerprint density at radius 2 is 2.35 bits per heavy atom. The summed E-state index contributed by atoms with van der Waals surface area (Å²) in [7, 11) is 0. The molecule has 1 aromatic heterocycles. The van der Waals surface area contributed by atoms with Crippen LogP contribution in [0.2, 0.25) is 5.28 Å². The second-order valence-corrected chi connectivity index (χ2v) is 5.33. The van der Waals surface area contributed by atoms with Crippen LogP contribution in [-0.4, -0.2) is 29.7 Å². The number of halogens is 2. The van der Waals surface area contributed by atoms with E-state index >= 15 is 0 Å². The Balaban J connectivity index is 1.61. The lowest BCUT2D eigenvalue weighted by molar-refractivity contribution is 0.124. The fourth-order valence-corrected chi connectivity index (χ4v) is 1.85. The molecule has 17 heavy (non-hydrogen) atoms. The van der Waals surface area contributed by atoms with Crippen LogP contribution >= 0.6 is 27.5 Å². The molecule has 1 N–H and O–H groups in total. The van der Waals surface area contributed by atoms with Crippen molar-refractivity contribution in [1.82, 2.24) is 9.97 Å². The molecule has 1 aliphatic carbocycles. The molecule has 1 aromatic rings. The van der Waals surface area contributed by atoms with Crippen molar-refractivity contribution in [2.75, 3.05) is 25.1 Å². The smallest absolute Gasteiger partial charge is 0.224 e. The molecule has 6 heteroatoms. The van der Waals surface area contributed by atoms with Gasteiger partial charge in [-0.1, -0.05) is 0 Å². The maximum atomic E-state index is 5.71. The Labute approximate surface area is 114 Å². The van der Waals surface area contributed by atoms with Gasteiger partial charge in [-0.25, -0.2) is 4.98 Å². The van der Waals surface area contributed by atoms with Gasteiger partial charge >= 0.3 is 0 Å². The summed E-state index contributed by atoms with van der Waals surface area (Å²) in [5.74, 6) is 1.56. The van der Waals surface area contributed by atoms with E-state index in [1.807, 2.05) is 0 Å². The van der Waals surface area contributed by atoms with Crippen molar-refractivity contribution in [2.24, 2.45) is 5.92 Å². The second kappa shape index (κ2) is 6.52. The van der Waals surface area contributed by atoms with E-state index < -0.39 is 0 Å². The molecule has 0 amide bonds. The summed E-state index contributed by atoms with van der Waals surface area (Å²) < 4.78 is 6.36. The highest BCUT2D eigenvalue weighted by molar-refractivity contribution is 9.10. The fourth-order valence-electron chi connectivity index (χ4n) is 1.39. The highest BCUT2D eigenvalue weighted by Gasteiger charge is 2.20. The van der Waals surface area contributed by atoms with Crippen LogP contribution < -0.4 is 5.32 Å². The minimum atomic E-state index is 0.251. The molecule has 0 unspecified atom stereocenters. The molecular weight excluding hydrogens is 305 g/mol. The monoisotopic (exact) mass is 319 g/mol. The molecule has 1 heterocycles. The molecule has 1 saturated carbocycles. The van der Waals surface area contributed by atoms with Gasteiger partial charge in [-0.15, -0.1) is 0 Å². The Morgan fingerprint density at radius 1 is 1.53 bits per heavy atom. The number of nitrogens with zero attached hydrogens (tertiary/aromatic N) is 2. The van der Waals surface area contributed by atoms with Gasteiger partial charge in [0.2, 0.25) is 5.28 Å². The number of hydrogen-bond acceptors (Lipinski definition) is 4. The van der Waals surface area contributed by atoms with Crippen LogP contribution in [0.3, 0.4) is 0 Å². The molecule has 4 nitrogen and oxygen atoms in total. The Hall–Kier alpha value is -0.390. The van der Waals surface area contributed by atoms with Gasteiger partial charge in [-0.2, -0.15) is 4.98 Å². The van der Waals surface area contributed by atoms with Gasteiger partial charge in [0.1, 0.15) is 5.82 Å². The molecule has 2 rings (SSSR count). The number of anilines is 1. The van der Waals surface area contributed by atoms with Crippen LogP contribution in [0.4, 0.5) is 5.82 Å². The first kappa shape index (κ1) is 13.1.